The Hall–Kier alpha value is -1.57. The summed E-state index contributed by atoms with van der Waals surface area (Å²) in [6, 6.07) is 0.184. The summed E-state index contributed by atoms with van der Waals surface area (Å²) in [6.07, 6.45) is 0.363. The number of halogens is 3. The molecular weight excluding hydrogens is 309 g/mol. The number of carbonyl (C=O) groups is 1. The maximum atomic E-state index is 13.1. The van der Waals surface area contributed by atoms with Gasteiger partial charge in [0.25, 0.3) is 0 Å². The van der Waals surface area contributed by atoms with E-state index in [-0.39, 0.29) is 24.2 Å². The molecule has 1 amide bonds. The van der Waals surface area contributed by atoms with Gasteiger partial charge in [0.2, 0.25) is 5.91 Å². The molecule has 1 saturated heterocycles. The Morgan fingerprint density at radius 1 is 1.35 bits per heavy atom. The van der Waals surface area contributed by atoms with Gasteiger partial charge >= 0.3 is 6.18 Å². The van der Waals surface area contributed by atoms with E-state index in [4.69, 9.17) is 0 Å². The van der Waals surface area contributed by atoms with Crippen LogP contribution in [-0.2, 0) is 24.1 Å². The highest BCUT2D eigenvalue weighted by Gasteiger charge is 2.53. The quantitative estimate of drug-likeness (QED) is 0.855. The summed E-state index contributed by atoms with van der Waals surface area (Å²) in [5.41, 5.74) is -1.16. The second-order valence-electron chi connectivity index (χ2n) is 6.76. The van der Waals surface area contributed by atoms with Crippen molar-refractivity contribution < 1.29 is 18.0 Å². The van der Waals surface area contributed by atoms with E-state index in [9.17, 15) is 18.0 Å². The molecule has 2 aliphatic heterocycles. The van der Waals surface area contributed by atoms with Gasteiger partial charge in [0, 0.05) is 19.1 Å². The summed E-state index contributed by atoms with van der Waals surface area (Å²) in [5.74, 6) is 0.0191. The molecule has 1 aromatic heterocycles. The molecule has 1 aromatic rings. The maximum Gasteiger partial charge on any atom is 0.435 e. The van der Waals surface area contributed by atoms with E-state index in [2.05, 4.69) is 10.3 Å². The minimum Gasteiger partial charge on any atom is -0.334 e. The SMILES string of the molecule is O=C(N1CCn2cnc(C(F)(F)F)c2C1)[C@]12CCC[C@H]1NCC2. The first kappa shape index (κ1) is 15.0. The Morgan fingerprint density at radius 3 is 2.96 bits per heavy atom. The average molecular weight is 328 g/mol. The monoisotopic (exact) mass is 328 g/mol. The van der Waals surface area contributed by atoms with E-state index in [1.165, 1.54) is 10.9 Å². The Morgan fingerprint density at radius 2 is 2.17 bits per heavy atom. The lowest BCUT2D eigenvalue weighted by Crippen LogP contribution is -2.50. The third kappa shape index (κ3) is 2.18. The summed E-state index contributed by atoms with van der Waals surface area (Å²) in [5, 5.41) is 3.38. The van der Waals surface area contributed by atoms with Crippen LogP contribution in [0, 0.1) is 5.41 Å². The summed E-state index contributed by atoms with van der Waals surface area (Å²) < 4.78 is 40.7. The van der Waals surface area contributed by atoms with E-state index in [0.29, 0.717) is 13.1 Å². The number of amides is 1. The van der Waals surface area contributed by atoms with Gasteiger partial charge in [-0.3, -0.25) is 4.79 Å². The van der Waals surface area contributed by atoms with Crippen LogP contribution < -0.4 is 5.32 Å². The molecule has 0 unspecified atom stereocenters. The Balaban J connectivity index is 1.61. The first-order chi connectivity index (χ1) is 10.9. The van der Waals surface area contributed by atoms with Crippen LogP contribution in [0.1, 0.15) is 37.1 Å². The van der Waals surface area contributed by atoms with Gasteiger partial charge < -0.3 is 14.8 Å². The van der Waals surface area contributed by atoms with Crippen molar-refractivity contribution in [3.05, 3.63) is 17.7 Å². The van der Waals surface area contributed by atoms with Crippen LogP contribution in [-0.4, -0.2) is 39.5 Å². The molecule has 0 aromatic carbocycles. The van der Waals surface area contributed by atoms with Crippen molar-refractivity contribution in [3.8, 4) is 0 Å². The van der Waals surface area contributed by atoms with Crippen LogP contribution >= 0.6 is 0 Å². The van der Waals surface area contributed by atoms with Crippen LogP contribution in [0.2, 0.25) is 0 Å². The van der Waals surface area contributed by atoms with Crippen molar-refractivity contribution in [2.75, 3.05) is 13.1 Å². The number of fused-ring (bicyclic) bond motifs is 2. The van der Waals surface area contributed by atoms with Gasteiger partial charge in [-0.25, -0.2) is 4.98 Å². The third-order valence-corrected chi connectivity index (χ3v) is 5.62. The fraction of sp³-hybridized carbons (Fsp3) is 0.733. The Bertz CT molecular complexity index is 629. The van der Waals surface area contributed by atoms with Gasteiger partial charge in [-0.15, -0.1) is 0 Å². The van der Waals surface area contributed by atoms with E-state index in [1.54, 1.807) is 4.90 Å². The normalized spacial score (nSPS) is 30.4. The highest BCUT2D eigenvalue weighted by Crippen LogP contribution is 2.46. The summed E-state index contributed by atoms with van der Waals surface area (Å²) in [6.45, 7) is 1.64. The molecule has 0 radical (unpaired) electrons. The van der Waals surface area contributed by atoms with Crippen LogP contribution in [0.4, 0.5) is 13.2 Å². The van der Waals surface area contributed by atoms with Crippen LogP contribution in [0.3, 0.4) is 0 Å². The second-order valence-corrected chi connectivity index (χ2v) is 6.76. The number of hydrogen-bond acceptors (Lipinski definition) is 3. The topological polar surface area (TPSA) is 50.2 Å². The van der Waals surface area contributed by atoms with Crippen molar-refractivity contribution >= 4 is 5.91 Å². The predicted molar refractivity (Wildman–Crippen MR) is 75.3 cm³/mol. The van der Waals surface area contributed by atoms with Gasteiger partial charge in [0.05, 0.1) is 24.0 Å². The Labute approximate surface area is 131 Å². The first-order valence-corrected chi connectivity index (χ1v) is 8.06. The lowest BCUT2D eigenvalue weighted by molar-refractivity contribution is -0.147. The fourth-order valence-electron chi connectivity index (χ4n) is 4.48. The standard InChI is InChI=1S/C15H19F3N4O/c16-15(17,18)12-10-8-21(6-7-22(10)9-20-12)13(23)14-3-1-2-11(14)19-5-4-14/h9,11,19H,1-8H2/t11-,14+/m1/s1. The highest BCUT2D eigenvalue weighted by molar-refractivity contribution is 5.84. The number of imidazole rings is 1. The summed E-state index contributed by atoms with van der Waals surface area (Å²) >= 11 is 0. The molecule has 8 heteroatoms. The second kappa shape index (κ2) is 4.96. The van der Waals surface area contributed by atoms with Gasteiger partial charge in [0.15, 0.2) is 5.69 Å². The molecule has 1 aliphatic carbocycles. The first-order valence-electron chi connectivity index (χ1n) is 8.06. The highest BCUT2D eigenvalue weighted by atomic mass is 19.4. The molecule has 126 valence electrons. The number of nitrogens with one attached hydrogen (secondary N) is 1. The molecule has 2 fully saturated rings. The lowest BCUT2D eigenvalue weighted by Gasteiger charge is -2.37. The third-order valence-electron chi connectivity index (χ3n) is 5.62. The van der Waals surface area contributed by atoms with Gasteiger partial charge in [-0.1, -0.05) is 6.42 Å². The zero-order valence-electron chi connectivity index (χ0n) is 12.7. The number of rotatable bonds is 1. The number of hydrogen-bond donors (Lipinski definition) is 1. The van der Waals surface area contributed by atoms with E-state index in [1.807, 2.05) is 0 Å². The smallest absolute Gasteiger partial charge is 0.334 e. The molecule has 4 rings (SSSR count). The number of nitrogens with zero attached hydrogens (tertiary/aromatic N) is 3. The van der Waals surface area contributed by atoms with Crippen molar-refractivity contribution in [1.29, 1.82) is 0 Å². The van der Waals surface area contributed by atoms with Gasteiger partial charge in [-0.05, 0) is 25.8 Å². The zero-order valence-corrected chi connectivity index (χ0v) is 12.7. The average Bonchev–Trinajstić information content (AvgIpc) is 3.18. The lowest BCUT2D eigenvalue weighted by atomic mass is 9.80. The summed E-state index contributed by atoms with van der Waals surface area (Å²) in [4.78, 5) is 18.2. The largest absolute Gasteiger partial charge is 0.435 e. The molecule has 3 aliphatic rings. The minimum atomic E-state index is -4.48. The predicted octanol–water partition coefficient (Wildman–Crippen LogP) is 1.78. The number of carbonyl (C=O) groups excluding carboxylic acids is 1. The van der Waals surface area contributed by atoms with Crippen molar-refractivity contribution in [3.63, 3.8) is 0 Å². The zero-order chi connectivity index (χ0) is 16.2. The molecule has 0 bridgehead atoms. The molecule has 3 heterocycles. The minimum absolute atomic E-state index is 0.00213. The van der Waals surface area contributed by atoms with Crippen molar-refractivity contribution in [2.45, 2.75) is 51.0 Å². The molecule has 1 N–H and O–H groups in total. The summed E-state index contributed by atoms with van der Waals surface area (Å²) in [7, 11) is 0. The molecular formula is C15H19F3N4O. The van der Waals surface area contributed by atoms with Gasteiger partial charge in [-0.2, -0.15) is 13.2 Å². The van der Waals surface area contributed by atoms with Gasteiger partial charge in [0.1, 0.15) is 0 Å². The van der Waals surface area contributed by atoms with Crippen LogP contribution in [0.5, 0.6) is 0 Å². The van der Waals surface area contributed by atoms with Crippen molar-refractivity contribution in [1.82, 2.24) is 19.8 Å². The van der Waals surface area contributed by atoms with Crippen molar-refractivity contribution in [2.24, 2.45) is 5.41 Å². The fourth-order valence-corrected chi connectivity index (χ4v) is 4.48. The maximum absolute atomic E-state index is 13.1. The number of alkyl halides is 3. The van der Waals surface area contributed by atoms with E-state index < -0.39 is 17.3 Å². The van der Waals surface area contributed by atoms with Crippen LogP contribution in [0.25, 0.3) is 0 Å². The Kier molecular flexibility index (Phi) is 3.23. The number of aromatic nitrogens is 2. The molecule has 2 atom stereocenters. The molecule has 5 nitrogen and oxygen atoms in total. The van der Waals surface area contributed by atoms with E-state index in [0.717, 1.165) is 32.2 Å². The molecule has 0 spiro atoms. The molecule has 23 heavy (non-hydrogen) atoms. The van der Waals surface area contributed by atoms with E-state index >= 15 is 0 Å². The van der Waals surface area contributed by atoms with Crippen LogP contribution in [0.15, 0.2) is 6.33 Å². The molecule has 1 saturated carbocycles.